The molecule has 27 heavy (non-hydrogen) atoms. The Labute approximate surface area is 159 Å². The van der Waals surface area contributed by atoms with E-state index < -0.39 is 0 Å². The van der Waals surface area contributed by atoms with E-state index in [1.165, 1.54) is 5.56 Å². The van der Waals surface area contributed by atoms with E-state index in [1.54, 1.807) is 6.07 Å². The van der Waals surface area contributed by atoms with Crippen molar-refractivity contribution < 1.29 is 4.79 Å². The number of carbonyl (C=O) groups is 1. The summed E-state index contributed by atoms with van der Waals surface area (Å²) in [5.41, 5.74) is 6.32. The summed E-state index contributed by atoms with van der Waals surface area (Å²) in [6.45, 7) is 8.48. The van der Waals surface area contributed by atoms with E-state index in [0.717, 1.165) is 28.1 Å². The van der Waals surface area contributed by atoms with Gasteiger partial charge in [0, 0.05) is 17.9 Å². The number of nitrogens with one attached hydrogen (secondary N) is 2. The van der Waals surface area contributed by atoms with Crippen LogP contribution >= 0.6 is 0 Å². The van der Waals surface area contributed by atoms with Gasteiger partial charge in [-0.2, -0.15) is 0 Å². The molecule has 0 aliphatic carbocycles. The Morgan fingerprint density at radius 2 is 1.70 bits per heavy atom. The molecule has 0 bridgehead atoms. The lowest BCUT2D eigenvalue weighted by Gasteiger charge is -2.11. The first-order valence-corrected chi connectivity index (χ1v) is 8.94. The summed E-state index contributed by atoms with van der Waals surface area (Å²) in [6, 6.07) is 15.9. The predicted octanol–water partition coefficient (Wildman–Crippen LogP) is 4.57. The molecule has 0 aliphatic heterocycles. The quantitative estimate of drug-likeness (QED) is 0.699. The van der Waals surface area contributed by atoms with E-state index in [0.29, 0.717) is 18.2 Å². The van der Waals surface area contributed by atoms with Crippen LogP contribution in [0.3, 0.4) is 0 Å². The first-order chi connectivity index (χ1) is 12.9. The van der Waals surface area contributed by atoms with E-state index in [9.17, 15) is 4.79 Å². The Hall–Kier alpha value is -3.21. The van der Waals surface area contributed by atoms with Gasteiger partial charge < -0.3 is 10.6 Å². The highest BCUT2D eigenvalue weighted by Crippen LogP contribution is 2.18. The number of rotatable bonds is 5. The molecule has 5 nitrogen and oxygen atoms in total. The number of amides is 1. The molecule has 2 aromatic carbocycles. The molecule has 1 aromatic heterocycles. The lowest BCUT2D eigenvalue weighted by molar-refractivity contribution is 0.102. The lowest BCUT2D eigenvalue weighted by atomic mass is 10.1. The highest BCUT2D eigenvalue weighted by atomic mass is 16.1. The summed E-state index contributed by atoms with van der Waals surface area (Å²) in [5, 5.41) is 6.15. The van der Waals surface area contributed by atoms with E-state index in [4.69, 9.17) is 0 Å². The standard InChI is InChI=1S/C22H24N4O/c1-14-6-5-7-18(10-14)13-23-22-24-17(4)12-20(26-22)21(27)25-19-11-15(2)8-9-16(19)3/h5-12H,13H2,1-4H3,(H,25,27)(H,23,24,26). The highest BCUT2D eigenvalue weighted by Gasteiger charge is 2.12. The van der Waals surface area contributed by atoms with Gasteiger partial charge in [0.1, 0.15) is 5.69 Å². The Bertz CT molecular complexity index is 982. The topological polar surface area (TPSA) is 66.9 Å². The van der Waals surface area contributed by atoms with Gasteiger partial charge in [-0.25, -0.2) is 9.97 Å². The molecule has 3 aromatic rings. The number of hydrogen-bond donors (Lipinski definition) is 2. The Kier molecular flexibility index (Phi) is 5.50. The van der Waals surface area contributed by atoms with Crippen LogP contribution in [0.4, 0.5) is 11.6 Å². The Balaban J connectivity index is 1.76. The van der Waals surface area contributed by atoms with Crippen molar-refractivity contribution in [2.75, 3.05) is 10.6 Å². The molecule has 2 N–H and O–H groups in total. The van der Waals surface area contributed by atoms with Crippen molar-refractivity contribution in [1.82, 2.24) is 9.97 Å². The minimum absolute atomic E-state index is 0.243. The largest absolute Gasteiger partial charge is 0.350 e. The molecule has 0 fully saturated rings. The summed E-state index contributed by atoms with van der Waals surface area (Å²) in [4.78, 5) is 21.4. The van der Waals surface area contributed by atoms with E-state index >= 15 is 0 Å². The zero-order valence-corrected chi connectivity index (χ0v) is 16.1. The molecular formula is C22H24N4O. The molecule has 5 heteroatoms. The van der Waals surface area contributed by atoms with Gasteiger partial charge >= 0.3 is 0 Å². The van der Waals surface area contributed by atoms with Crippen molar-refractivity contribution in [2.45, 2.75) is 34.2 Å². The normalized spacial score (nSPS) is 10.5. The second kappa shape index (κ2) is 7.99. The number of aromatic nitrogens is 2. The number of hydrogen-bond acceptors (Lipinski definition) is 4. The second-order valence-electron chi connectivity index (χ2n) is 6.83. The fourth-order valence-corrected chi connectivity index (χ4v) is 2.82. The third kappa shape index (κ3) is 4.91. The van der Waals surface area contributed by atoms with E-state index in [2.05, 4.69) is 39.7 Å². The van der Waals surface area contributed by atoms with Crippen molar-refractivity contribution >= 4 is 17.5 Å². The minimum atomic E-state index is -0.243. The molecule has 0 saturated carbocycles. The number of aryl methyl sites for hydroxylation is 4. The van der Waals surface area contributed by atoms with Gasteiger partial charge in [-0.1, -0.05) is 42.0 Å². The maximum absolute atomic E-state index is 12.7. The van der Waals surface area contributed by atoms with Crippen LogP contribution in [-0.2, 0) is 6.54 Å². The molecular weight excluding hydrogens is 336 g/mol. The van der Waals surface area contributed by atoms with Gasteiger partial charge in [0.05, 0.1) is 0 Å². The van der Waals surface area contributed by atoms with Crippen LogP contribution in [0.5, 0.6) is 0 Å². The van der Waals surface area contributed by atoms with Gasteiger partial charge in [-0.15, -0.1) is 0 Å². The summed E-state index contributed by atoms with van der Waals surface area (Å²) >= 11 is 0. The molecule has 0 radical (unpaired) electrons. The Morgan fingerprint density at radius 1 is 0.926 bits per heavy atom. The summed E-state index contributed by atoms with van der Waals surface area (Å²) in [5.74, 6) is 0.204. The predicted molar refractivity (Wildman–Crippen MR) is 109 cm³/mol. The van der Waals surface area contributed by atoms with Crippen molar-refractivity contribution in [2.24, 2.45) is 0 Å². The van der Waals surface area contributed by atoms with Crippen molar-refractivity contribution in [3.05, 3.63) is 82.2 Å². The van der Waals surface area contributed by atoms with E-state index in [1.807, 2.05) is 51.1 Å². The van der Waals surface area contributed by atoms with Crippen LogP contribution in [0.15, 0.2) is 48.5 Å². The lowest BCUT2D eigenvalue weighted by Crippen LogP contribution is -2.16. The molecule has 0 unspecified atom stereocenters. The van der Waals surface area contributed by atoms with Crippen LogP contribution < -0.4 is 10.6 Å². The van der Waals surface area contributed by atoms with Crippen LogP contribution in [-0.4, -0.2) is 15.9 Å². The van der Waals surface area contributed by atoms with Crippen molar-refractivity contribution in [3.63, 3.8) is 0 Å². The molecule has 0 saturated heterocycles. The maximum Gasteiger partial charge on any atom is 0.274 e. The molecule has 1 amide bonds. The smallest absolute Gasteiger partial charge is 0.274 e. The van der Waals surface area contributed by atoms with E-state index in [-0.39, 0.29) is 5.91 Å². The number of carbonyl (C=O) groups excluding carboxylic acids is 1. The number of benzene rings is 2. The highest BCUT2D eigenvalue weighted by molar-refractivity contribution is 6.03. The fourth-order valence-electron chi connectivity index (χ4n) is 2.82. The molecule has 0 aliphatic rings. The maximum atomic E-state index is 12.7. The molecule has 1 heterocycles. The third-order valence-electron chi connectivity index (χ3n) is 4.26. The first-order valence-electron chi connectivity index (χ1n) is 8.94. The zero-order valence-electron chi connectivity index (χ0n) is 16.1. The van der Waals surface area contributed by atoms with Gasteiger partial charge in [-0.05, 0) is 56.5 Å². The zero-order chi connectivity index (χ0) is 19.4. The Morgan fingerprint density at radius 3 is 2.48 bits per heavy atom. The van der Waals surface area contributed by atoms with Crippen molar-refractivity contribution in [3.8, 4) is 0 Å². The average molecular weight is 360 g/mol. The monoisotopic (exact) mass is 360 g/mol. The average Bonchev–Trinajstić information content (AvgIpc) is 2.62. The first kappa shape index (κ1) is 18.6. The second-order valence-corrected chi connectivity index (χ2v) is 6.83. The third-order valence-corrected chi connectivity index (χ3v) is 4.26. The number of anilines is 2. The van der Waals surface area contributed by atoms with Gasteiger partial charge in [0.25, 0.3) is 5.91 Å². The fraction of sp³-hybridized carbons (Fsp3) is 0.227. The van der Waals surface area contributed by atoms with Crippen LogP contribution in [0.1, 0.15) is 38.4 Å². The van der Waals surface area contributed by atoms with Crippen LogP contribution in [0.2, 0.25) is 0 Å². The van der Waals surface area contributed by atoms with Crippen LogP contribution in [0, 0.1) is 27.7 Å². The molecule has 3 rings (SSSR count). The summed E-state index contributed by atoms with van der Waals surface area (Å²) in [6.07, 6.45) is 0. The molecule has 0 atom stereocenters. The van der Waals surface area contributed by atoms with Gasteiger partial charge in [0.2, 0.25) is 5.95 Å². The van der Waals surface area contributed by atoms with Gasteiger partial charge in [-0.3, -0.25) is 4.79 Å². The summed E-state index contributed by atoms with van der Waals surface area (Å²) < 4.78 is 0. The number of nitrogens with zero attached hydrogens (tertiary/aromatic N) is 2. The van der Waals surface area contributed by atoms with Crippen LogP contribution in [0.25, 0.3) is 0 Å². The SMILES string of the molecule is Cc1cccc(CNc2nc(C)cc(C(=O)Nc3cc(C)ccc3C)n2)c1. The molecule has 0 spiro atoms. The van der Waals surface area contributed by atoms with Gasteiger partial charge in [0.15, 0.2) is 0 Å². The molecule has 138 valence electrons. The summed E-state index contributed by atoms with van der Waals surface area (Å²) in [7, 11) is 0. The van der Waals surface area contributed by atoms with Crippen molar-refractivity contribution in [1.29, 1.82) is 0 Å². The minimum Gasteiger partial charge on any atom is -0.350 e.